The van der Waals surface area contributed by atoms with Gasteiger partial charge in [0.2, 0.25) is 0 Å². The fourth-order valence-corrected chi connectivity index (χ4v) is 3.07. The number of aryl methyl sites for hydroxylation is 1. The van der Waals surface area contributed by atoms with Crippen LogP contribution in [0.5, 0.6) is 5.75 Å². The number of halogens is 1. The second-order valence-corrected chi connectivity index (χ2v) is 7.00. The molecule has 2 aromatic heterocycles. The van der Waals surface area contributed by atoms with Crippen LogP contribution in [0.2, 0.25) is 5.02 Å². The van der Waals surface area contributed by atoms with Crippen molar-refractivity contribution in [1.29, 1.82) is 0 Å². The Hall–Kier alpha value is -2.38. The van der Waals surface area contributed by atoms with Crippen LogP contribution in [-0.2, 0) is 13.2 Å². The fraction of sp³-hybridized carbons (Fsp3) is 0.278. The molecular formula is C18H19ClN4O2S. The molecule has 0 aliphatic rings. The molecule has 0 bridgehead atoms. The van der Waals surface area contributed by atoms with Crippen LogP contribution in [-0.4, -0.2) is 20.7 Å². The SMILES string of the molecule is CCCCn1nccc1NC(=O)c1csc(COc2ccc(Cl)cc2)n1. The summed E-state index contributed by atoms with van der Waals surface area (Å²) in [6.45, 7) is 3.19. The van der Waals surface area contributed by atoms with Crippen molar-refractivity contribution in [2.75, 3.05) is 5.32 Å². The molecule has 2 heterocycles. The molecule has 0 atom stereocenters. The molecule has 26 heavy (non-hydrogen) atoms. The van der Waals surface area contributed by atoms with Gasteiger partial charge in [0, 0.05) is 23.0 Å². The number of rotatable bonds is 8. The Kier molecular flexibility index (Phi) is 6.25. The van der Waals surface area contributed by atoms with E-state index >= 15 is 0 Å². The van der Waals surface area contributed by atoms with Crippen LogP contribution in [0, 0.1) is 0 Å². The van der Waals surface area contributed by atoms with Crippen LogP contribution in [0.4, 0.5) is 5.82 Å². The second kappa shape index (κ2) is 8.82. The molecular weight excluding hydrogens is 372 g/mol. The molecule has 0 saturated heterocycles. The molecule has 0 saturated carbocycles. The van der Waals surface area contributed by atoms with Gasteiger partial charge in [-0.2, -0.15) is 5.10 Å². The van der Waals surface area contributed by atoms with E-state index in [9.17, 15) is 4.79 Å². The maximum Gasteiger partial charge on any atom is 0.276 e. The summed E-state index contributed by atoms with van der Waals surface area (Å²) in [5, 5.41) is 10.2. The number of hydrogen-bond donors (Lipinski definition) is 1. The maximum atomic E-state index is 12.4. The van der Waals surface area contributed by atoms with E-state index < -0.39 is 0 Å². The van der Waals surface area contributed by atoms with Crippen molar-refractivity contribution < 1.29 is 9.53 Å². The third-order valence-electron chi connectivity index (χ3n) is 3.64. The number of unbranched alkanes of at least 4 members (excludes halogenated alkanes) is 1. The lowest BCUT2D eigenvalue weighted by Gasteiger charge is -2.07. The minimum Gasteiger partial charge on any atom is -0.486 e. The second-order valence-electron chi connectivity index (χ2n) is 5.62. The smallest absolute Gasteiger partial charge is 0.276 e. The normalized spacial score (nSPS) is 10.7. The molecule has 0 radical (unpaired) electrons. The summed E-state index contributed by atoms with van der Waals surface area (Å²) >= 11 is 7.23. The zero-order chi connectivity index (χ0) is 18.4. The van der Waals surface area contributed by atoms with E-state index in [2.05, 4.69) is 22.3 Å². The van der Waals surface area contributed by atoms with Gasteiger partial charge < -0.3 is 10.1 Å². The van der Waals surface area contributed by atoms with Crippen LogP contribution in [0.3, 0.4) is 0 Å². The van der Waals surface area contributed by atoms with E-state index in [1.54, 1.807) is 46.6 Å². The predicted molar refractivity (Wildman–Crippen MR) is 103 cm³/mol. The number of carbonyl (C=O) groups excluding carboxylic acids is 1. The number of nitrogens with one attached hydrogen (secondary N) is 1. The number of aromatic nitrogens is 3. The third kappa shape index (κ3) is 4.83. The lowest BCUT2D eigenvalue weighted by molar-refractivity contribution is 0.102. The first-order chi connectivity index (χ1) is 12.7. The molecule has 0 spiro atoms. The van der Waals surface area contributed by atoms with E-state index in [0.717, 1.165) is 24.4 Å². The van der Waals surface area contributed by atoms with E-state index in [4.69, 9.17) is 16.3 Å². The highest BCUT2D eigenvalue weighted by molar-refractivity contribution is 7.09. The Morgan fingerprint density at radius 1 is 1.31 bits per heavy atom. The topological polar surface area (TPSA) is 69.0 Å². The molecule has 6 nitrogen and oxygen atoms in total. The van der Waals surface area contributed by atoms with Gasteiger partial charge in [0.05, 0.1) is 6.20 Å². The van der Waals surface area contributed by atoms with Gasteiger partial charge in [-0.1, -0.05) is 24.9 Å². The van der Waals surface area contributed by atoms with Crippen LogP contribution >= 0.6 is 22.9 Å². The summed E-state index contributed by atoms with van der Waals surface area (Å²) < 4.78 is 7.44. The number of thiazole rings is 1. The Bertz CT molecular complexity index is 860. The van der Waals surface area contributed by atoms with Crippen molar-refractivity contribution in [1.82, 2.24) is 14.8 Å². The Labute approximate surface area is 160 Å². The Morgan fingerprint density at radius 2 is 2.12 bits per heavy atom. The average molecular weight is 391 g/mol. The summed E-state index contributed by atoms with van der Waals surface area (Å²) in [4.78, 5) is 16.7. The number of anilines is 1. The van der Waals surface area contributed by atoms with Crippen LogP contribution in [0.1, 0.15) is 35.3 Å². The van der Waals surface area contributed by atoms with Crippen molar-refractivity contribution in [2.45, 2.75) is 32.9 Å². The van der Waals surface area contributed by atoms with Crippen LogP contribution in [0.15, 0.2) is 41.9 Å². The average Bonchev–Trinajstić information content (AvgIpc) is 3.29. The highest BCUT2D eigenvalue weighted by Crippen LogP contribution is 2.19. The quantitative estimate of drug-likeness (QED) is 0.609. The fourth-order valence-electron chi connectivity index (χ4n) is 2.26. The highest BCUT2D eigenvalue weighted by Gasteiger charge is 2.13. The number of nitrogens with zero attached hydrogens (tertiary/aromatic N) is 3. The summed E-state index contributed by atoms with van der Waals surface area (Å²) in [5.41, 5.74) is 0.368. The summed E-state index contributed by atoms with van der Waals surface area (Å²) in [6, 6.07) is 8.89. The molecule has 0 aliphatic heterocycles. The lowest BCUT2D eigenvalue weighted by Crippen LogP contribution is -2.16. The minimum atomic E-state index is -0.253. The van der Waals surface area contributed by atoms with E-state index in [1.807, 2.05) is 0 Å². The predicted octanol–water partition coefficient (Wildman–Crippen LogP) is 4.62. The van der Waals surface area contributed by atoms with E-state index in [1.165, 1.54) is 11.3 Å². The lowest BCUT2D eigenvalue weighted by atomic mass is 10.3. The van der Waals surface area contributed by atoms with Crippen molar-refractivity contribution in [3.05, 3.63) is 57.6 Å². The zero-order valence-electron chi connectivity index (χ0n) is 14.3. The van der Waals surface area contributed by atoms with Crippen LogP contribution in [0.25, 0.3) is 0 Å². The van der Waals surface area contributed by atoms with Gasteiger partial charge in [-0.15, -0.1) is 11.3 Å². The van der Waals surface area contributed by atoms with Crippen molar-refractivity contribution in [3.63, 3.8) is 0 Å². The number of carbonyl (C=O) groups is 1. The molecule has 0 fully saturated rings. The highest BCUT2D eigenvalue weighted by atomic mass is 35.5. The molecule has 0 aliphatic carbocycles. The van der Waals surface area contributed by atoms with Gasteiger partial charge >= 0.3 is 0 Å². The van der Waals surface area contributed by atoms with Crippen molar-refractivity contribution >= 4 is 34.7 Å². The number of hydrogen-bond acceptors (Lipinski definition) is 5. The standard InChI is InChI=1S/C18H19ClN4O2S/c1-2-3-10-23-16(8-9-20-23)22-18(24)15-12-26-17(21-15)11-25-14-6-4-13(19)5-7-14/h4-9,12H,2-3,10-11H2,1H3,(H,22,24). The summed E-state index contributed by atoms with van der Waals surface area (Å²) in [7, 11) is 0. The molecule has 8 heteroatoms. The largest absolute Gasteiger partial charge is 0.486 e. The van der Waals surface area contributed by atoms with Crippen LogP contribution < -0.4 is 10.1 Å². The summed E-state index contributed by atoms with van der Waals surface area (Å²) in [6.07, 6.45) is 3.75. The third-order valence-corrected chi connectivity index (χ3v) is 4.72. The zero-order valence-corrected chi connectivity index (χ0v) is 15.9. The molecule has 3 aromatic rings. The van der Waals surface area contributed by atoms with Gasteiger partial charge in [-0.05, 0) is 30.7 Å². The summed E-state index contributed by atoms with van der Waals surface area (Å²) in [5.74, 6) is 1.13. The van der Waals surface area contributed by atoms with E-state index in [-0.39, 0.29) is 5.91 Å². The number of amides is 1. The van der Waals surface area contributed by atoms with Gasteiger partial charge in [0.25, 0.3) is 5.91 Å². The van der Waals surface area contributed by atoms with Gasteiger partial charge in [0.1, 0.15) is 28.9 Å². The molecule has 0 unspecified atom stereocenters. The monoisotopic (exact) mass is 390 g/mol. The first kappa shape index (κ1) is 18.4. The first-order valence-electron chi connectivity index (χ1n) is 8.31. The van der Waals surface area contributed by atoms with Gasteiger partial charge in [0.15, 0.2) is 0 Å². The van der Waals surface area contributed by atoms with Gasteiger partial charge in [-0.3, -0.25) is 4.79 Å². The Morgan fingerprint density at radius 3 is 2.88 bits per heavy atom. The Balaban J connectivity index is 1.57. The molecule has 136 valence electrons. The van der Waals surface area contributed by atoms with E-state index in [0.29, 0.717) is 28.9 Å². The number of benzene rings is 1. The molecule has 3 rings (SSSR count). The molecule has 1 N–H and O–H groups in total. The number of ether oxygens (including phenoxy) is 1. The van der Waals surface area contributed by atoms with Crippen molar-refractivity contribution in [2.24, 2.45) is 0 Å². The maximum absolute atomic E-state index is 12.4. The van der Waals surface area contributed by atoms with Crippen molar-refractivity contribution in [3.8, 4) is 5.75 Å². The first-order valence-corrected chi connectivity index (χ1v) is 9.57. The minimum absolute atomic E-state index is 0.253. The van der Waals surface area contributed by atoms with Gasteiger partial charge in [-0.25, -0.2) is 9.67 Å². The molecule has 1 amide bonds. The molecule has 1 aromatic carbocycles.